The van der Waals surface area contributed by atoms with Crippen LogP contribution in [0, 0.1) is 0 Å². The third-order valence-electron chi connectivity index (χ3n) is 4.42. The van der Waals surface area contributed by atoms with E-state index in [4.69, 9.17) is 4.74 Å². The fraction of sp³-hybridized carbons (Fsp3) is 0.130. The van der Waals surface area contributed by atoms with E-state index in [-0.39, 0.29) is 22.3 Å². The van der Waals surface area contributed by atoms with E-state index in [0.717, 1.165) is 0 Å². The van der Waals surface area contributed by atoms with Crippen molar-refractivity contribution in [2.45, 2.75) is 12.1 Å². The van der Waals surface area contributed by atoms with Crippen LogP contribution in [0.15, 0.2) is 84.9 Å². The van der Waals surface area contributed by atoms with Crippen molar-refractivity contribution in [2.75, 3.05) is 7.11 Å². The van der Waals surface area contributed by atoms with E-state index < -0.39 is 17.7 Å². The van der Waals surface area contributed by atoms with Gasteiger partial charge in [0.2, 0.25) is 0 Å². The number of methoxy groups -OCH3 is 1. The van der Waals surface area contributed by atoms with Crippen molar-refractivity contribution in [1.82, 2.24) is 0 Å². The summed E-state index contributed by atoms with van der Waals surface area (Å²) in [4.78, 5) is 0. The smallest absolute Gasteiger partial charge is 0.458 e. The summed E-state index contributed by atoms with van der Waals surface area (Å²) >= 11 is 0. The molecule has 3 rings (SSSR count). The number of hydrogen-bond donors (Lipinski definition) is 0. The van der Waals surface area contributed by atoms with E-state index in [9.17, 15) is 22.0 Å². The van der Waals surface area contributed by atoms with Crippen LogP contribution in [-0.4, -0.2) is 19.2 Å². The Balaban J connectivity index is 2.42. The van der Waals surface area contributed by atoms with Crippen molar-refractivity contribution < 1.29 is 26.7 Å². The number of hydrogen-bond acceptors (Lipinski definition) is 1. The lowest BCUT2D eigenvalue weighted by Crippen LogP contribution is -2.38. The molecule has 0 heterocycles. The molecular weight excluding hydrogens is 387 g/mol. The molecule has 3 aromatic rings. The SMILES string of the molecule is COc1ccc(/C(=C(/c2ccccc2)C(F)(F)C(F)(F)F)c2ccccc2)cc1. The number of alkyl halides is 5. The van der Waals surface area contributed by atoms with Crippen LogP contribution in [0.2, 0.25) is 0 Å². The molecule has 0 bridgehead atoms. The Labute approximate surface area is 165 Å². The number of ether oxygens (including phenoxy) is 1. The summed E-state index contributed by atoms with van der Waals surface area (Å²) < 4.78 is 75.2. The van der Waals surface area contributed by atoms with Crippen LogP contribution in [0.1, 0.15) is 16.7 Å². The fourth-order valence-corrected chi connectivity index (χ4v) is 3.05. The highest BCUT2D eigenvalue weighted by atomic mass is 19.4. The Morgan fingerprint density at radius 1 is 0.621 bits per heavy atom. The highest BCUT2D eigenvalue weighted by Gasteiger charge is 2.61. The first-order chi connectivity index (χ1) is 13.8. The zero-order valence-corrected chi connectivity index (χ0v) is 15.4. The lowest BCUT2D eigenvalue weighted by Gasteiger charge is -2.27. The van der Waals surface area contributed by atoms with Gasteiger partial charge in [0, 0.05) is 5.57 Å². The molecule has 29 heavy (non-hydrogen) atoms. The molecule has 0 fully saturated rings. The van der Waals surface area contributed by atoms with Crippen LogP contribution in [0.5, 0.6) is 5.75 Å². The van der Waals surface area contributed by atoms with Crippen molar-refractivity contribution >= 4 is 11.1 Å². The number of benzene rings is 3. The largest absolute Gasteiger partial charge is 0.497 e. The molecule has 0 amide bonds. The normalized spacial score (nSPS) is 13.0. The van der Waals surface area contributed by atoms with Crippen molar-refractivity contribution in [3.63, 3.8) is 0 Å². The second-order valence-electron chi connectivity index (χ2n) is 6.28. The molecule has 6 heteroatoms. The first-order valence-electron chi connectivity index (χ1n) is 8.70. The van der Waals surface area contributed by atoms with E-state index in [1.54, 1.807) is 24.3 Å². The summed E-state index contributed by atoms with van der Waals surface area (Å²) in [6.07, 6.45) is -5.76. The molecule has 0 aliphatic heterocycles. The Bertz CT molecular complexity index is 975. The van der Waals surface area contributed by atoms with E-state index in [0.29, 0.717) is 5.75 Å². The van der Waals surface area contributed by atoms with Gasteiger partial charge in [0.15, 0.2) is 0 Å². The minimum atomic E-state index is -5.76. The standard InChI is InChI=1S/C23H17F5O/c1-29-19-14-12-17(13-15-19)20(16-8-4-2-5-9-16)21(18-10-6-3-7-11-18)22(24,25)23(26,27)28/h2-15H,1H3/b21-20-. The first kappa shape index (κ1) is 20.6. The predicted octanol–water partition coefficient (Wildman–Crippen LogP) is 6.85. The molecule has 0 N–H and O–H groups in total. The topological polar surface area (TPSA) is 9.23 Å². The van der Waals surface area contributed by atoms with Gasteiger partial charge in [0.1, 0.15) is 5.75 Å². The molecule has 0 aliphatic rings. The summed E-state index contributed by atoms with van der Waals surface area (Å²) in [5.41, 5.74) is -1.02. The van der Waals surface area contributed by atoms with E-state index in [2.05, 4.69) is 0 Å². The van der Waals surface area contributed by atoms with Crippen molar-refractivity contribution in [2.24, 2.45) is 0 Å². The molecule has 0 aromatic heterocycles. The average molecular weight is 404 g/mol. The maximum Gasteiger partial charge on any atom is 0.458 e. The molecule has 150 valence electrons. The van der Waals surface area contributed by atoms with Crippen LogP contribution >= 0.6 is 0 Å². The molecule has 3 aromatic carbocycles. The van der Waals surface area contributed by atoms with Gasteiger partial charge >= 0.3 is 12.1 Å². The molecule has 0 radical (unpaired) electrons. The molecule has 0 atom stereocenters. The maximum absolute atomic E-state index is 14.8. The Hall–Kier alpha value is -3.15. The lowest BCUT2D eigenvalue weighted by molar-refractivity contribution is -0.253. The van der Waals surface area contributed by atoms with Crippen molar-refractivity contribution in [3.8, 4) is 5.75 Å². The second kappa shape index (κ2) is 8.07. The summed E-state index contributed by atoms with van der Waals surface area (Å²) in [6.45, 7) is 0. The third kappa shape index (κ3) is 4.16. The van der Waals surface area contributed by atoms with Crippen molar-refractivity contribution in [1.29, 1.82) is 0 Å². The van der Waals surface area contributed by atoms with Crippen molar-refractivity contribution in [3.05, 3.63) is 102 Å². The van der Waals surface area contributed by atoms with Gasteiger partial charge in [0.05, 0.1) is 7.11 Å². The zero-order valence-electron chi connectivity index (χ0n) is 15.4. The van der Waals surface area contributed by atoms with Gasteiger partial charge in [-0.3, -0.25) is 0 Å². The van der Waals surface area contributed by atoms with Gasteiger partial charge in [-0.1, -0.05) is 72.8 Å². The molecule has 0 saturated heterocycles. The number of allylic oxidation sites excluding steroid dienone is 1. The third-order valence-corrected chi connectivity index (χ3v) is 4.42. The highest BCUT2D eigenvalue weighted by Crippen LogP contribution is 2.49. The van der Waals surface area contributed by atoms with Crippen LogP contribution in [0.3, 0.4) is 0 Å². The number of rotatable bonds is 5. The van der Waals surface area contributed by atoms with Gasteiger partial charge in [-0.05, 0) is 34.4 Å². The summed E-state index contributed by atoms with van der Waals surface area (Å²) in [5.74, 6) is -4.61. The molecule has 0 unspecified atom stereocenters. The average Bonchev–Trinajstić information content (AvgIpc) is 2.72. The lowest BCUT2D eigenvalue weighted by atomic mass is 9.86. The number of halogens is 5. The molecule has 1 nitrogen and oxygen atoms in total. The fourth-order valence-electron chi connectivity index (χ4n) is 3.05. The van der Waals surface area contributed by atoms with Crippen LogP contribution in [0.25, 0.3) is 11.1 Å². The van der Waals surface area contributed by atoms with Crippen LogP contribution in [-0.2, 0) is 0 Å². The summed E-state index contributed by atoms with van der Waals surface area (Å²) in [6, 6.07) is 20.8. The van der Waals surface area contributed by atoms with Gasteiger partial charge < -0.3 is 4.74 Å². The predicted molar refractivity (Wildman–Crippen MR) is 103 cm³/mol. The first-order valence-corrected chi connectivity index (χ1v) is 8.70. The monoisotopic (exact) mass is 404 g/mol. The Morgan fingerprint density at radius 2 is 1.07 bits per heavy atom. The Kier molecular flexibility index (Phi) is 5.73. The highest BCUT2D eigenvalue weighted by molar-refractivity contribution is 6.01. The Morgan fingerprint density at radius 3 is 1.52 bits per heavy atom. The van der Waals surface area contributed by atoms with Gasteiger partial charge in [-0.25, -0.2) is 0 Å². The van der Waals surface area contributed by atoms with E-state index in [1.165, 1.54) is 67.8 Å². The molecular formula is C23H17F5O. The summed E-state index contributed by atoms with van der Waals surface area (Å²) in [5, 5.41) is 0. The van der Waals surface area contributed by atoms with Gasteiger partial charge in [-0.2, -0.15) is 22.0 Å². The summed E-state index contributed by atoms with van der Waals surface area (Å²) in [7, 11) is 1.44. The molecule has 0 aliphatic carbocycles. The quantitative estimate of drug-likeness (QED) is 0.334. The zero-order chi connectivity index (χ0) is 21.1. The molecule has 0 spiro atoms. The second-order valence-corrected chi connectivity index (χ2v) is 6.28. The van der Waals surface area contributed by atoms with E-state index in [1.807, 2.05) is 0 Å². The maximum atomic E-state index is 14.8. The van der Waals surface area contributed by atoms with Crippen LogP contribution in [0.4, 0.5) is 22.0 Å². The van der Waals surface area contributed by atoms with Crippen LogP contribution < -0.4 is 4.74 Å². The molecule has 0 saturated carbocycles. The van der Waals surface area contributed by atoms with Gasteiger partial charge in [0.25, 0.3) is 0 Å². The van der Waals surface area contributed by atoms with E-state index >= 15 is 0 Å². The minimum absolute atomic E-state index is 0.193. The van der Waals surface area contributed by atoms with Gasteiger partial charge in [-0.15, -0.1) is 0 Å². The minimum Gasteiger partial charge on any atom is -0.497 e.